The fourth-order valence-corrected chi connectivity index (χ4v) is 2.28. The highest BCUT2D eigenvalue weighted by atomic mass is 35.5. The summed E-state index contributed by atoms with van der Waals surface area (Å²) < 4.78 is 5.49. The highest BCUT2D eigenvalue weighted by molar-refractivity contribution is 6.17. The molecular formula is C16H21ClO2. The lowest BCUT2D eigenvalue weighted by atomic mass is 9.94. The minimum atomic E-state index is -0.342. The third-order valence-electron chi connectivity index (χ3n) is 3.40. The van der Waals surface area contributed by atoms with Crippen molar-refractivity contribution < 1.29 is 9.53 Å². The van der Waals surface area contributed by atoms with Gasteiger partial charge in [-0.3, -0.25) is 0 Å². The summed E-state index contributed by atoms with van der Waals surface area (Å²) in [5.41, 5.74) is 4.88. The summed E-state index contributed by atoms with van der Waals surface area (Å²) in [6, 6.07) is 4.00. The number of rotatable bonds is 5. The molecule has 0 saturated heterocycles. The number of esters is 1. The average Bonchev–Trinajstić information content (AvgIpc) is 2.39. The van der Waals surface area contributed by atoms with E-state index in [-0.39, 0.29) is 12.1 Å². The van der Waals surface area contributed by atoms with Gasteiger partial charge in [0.25, 0.3) is 0 Å². The fourth-order valence-electron chi connectivity index (χ4n) is 1.99. The van der Waals surface area contributed by atoms with Crippen LogP contribution in [0.3, 0.4) is 0 Å². The van der Waals surface area contributed by atoms with E-state index in [4.69, 9.17) is 16.3 Å². The van der Waals surface area contributed by atoms with Crippen LogP contribution >= 0.6 is 11.6 Å². The third-order valence-corrected chi connectivity index (χ3v) is 3.69. The Morgan fingerprint density at radius 1 is 1.37 bits per heavy atom. The Balaban J connectivity index is 3.09. The van der Waals surface area contributed by atoms with Gasteiger partial charge in [-0.05, 0) is 49.4 Å². The van der Waals surface area contributed by atoms with Crippen molar-refractivity contribution >= 4 is 17.6 Å². The Bertz CT molecular complexity index is 492. The molecule has 2 nitrogen and oxygen atoms in total. The topological polar surface area (TPSA) is 26.3 Å². The number of carbonyl (C=O) groups excluding carboxylic acids is 1. The molecule has 104 valence electrons. The van der Waals surface area contributed by atoms with E-state index in [1.54, 1.807) is 6.92 Å². The van der Waals surface area contributed by atoms with Gasteiger partial charge >= 0.3 is 5.97 Å². The summed E-state index contributed by atoms with van der Waals surface area (Å²) in [6.45, 7) is 11.4. The first kappa shape index (κ1) is 15.8. The maximum absolute atomic E-state index is 11.7. The molecule has 0 aliphatic carbocycles. The number of ether oxygens (including phenoxy) is 1. The number of benzene rings is 1. The summed E-state index contributed by atoms with van der Waals surface area (Å²) >= 11 is 5.90. The predicted molar refractivity (Wildman–Crippen MR) is 79.4 cm³/mol. The normalized spacial score (nSPS) is 12.1. The molecular weight excluding hydrogens is 260 g/mol. The molecule has 1 rings (SSSR count). The van der Waals surface area contributed by atoms with Gasteiger partial charge in [-0.15, -0.1) is 11.6 Å². The molecule has 1 unspecified atom stereocenters. The number of hydrogen-bond donors (Lipinski definition) is 0. The van der Waals surface area contributed by atoms with Crippen molar-refractivity contribution in [3.8, 4) is 0 Å². The van der Waals surface area contributed by atoms with Crippen LogP contribution in [0.25, 0.3) is 0 Å². The van der Waals surface area contributed by atoms with Crippen LogP contribution in [0.4, 0.5) is 0 Å². The zero-order valence-electron chi connectivity index (χ0n) is 12.0. The summed E-state index contributed by atoms with van der Waals surface area (Å²) in [7, 11) is 0. The minimum Gasteiger partial charge on any atom is -0.454 e. The van der Waals surface area contributed by atoms with Crippen LogP contribution < -0.4 is 0 Å². The molecule has 1 aromatic rings. The zero-order valence-corrected chi connectivity index (χ0v) is 12.8. The summed E-state index contributed by atoms with van der Waals surface area (Å²) in [5, 5.41) is 0. The summed E-state index contributed by atoms with van der Waals surface area (Å²) in [6.07, 6.45) is 0.506. The van der Waals surface area contributed by atoms with E-state index in [1.807, 2.05) is 32.9 Å². The minimum absolute atomic E-state index is 0.229. The Morgan fingerprint density at radius 2 is 2.00 bits per heavy atom. The molecule has 19 heavy (non-hydrogen) atoms. The number of halogens is 1. The van der Waals surface area contributed by atoms with Crippen molar-refractivity contribution in [2.75, 3.05) is 0 Å². The monoisotopic (exact) mass is 280 g/mol. The van der Waals surface area contributed by atoms with Gasteiger partial charge in [0.1, 0.15) is 6.10 Å². The first-order chi connectivity index (χ1) is 8.92. The molecule has 0 fully saturated rings. The van der Waals surface area contributed by atoms with Crippen LogP contribution in [-0.4, -0.2) is 5.97 Å². The van der Waals surface area contributed by atoms with E-state index < -0.39 is 0 Å². The van der Waals surface area contributed by atoms with Gasteiger partial charge in [-0.1, -0.05) is 25.6 Å². The number of alkyl halides is 1. The van der Waals surface area contributed by atoms with Gasteiger partial charge in [-0.2, -0.15) is 0 Å². The van der Waals surface area contributed by atoms with Crippen LogP contribution in [0.15, 0.2) is 24.3 Å². The molecule has 0 amide bonds. The standard InChI is InChI=1S/C16H21ClO2/c1-6-15(19-16(18)10(2)3)14-8-7-13(9-17)11(4)12(14)5/h7-8,15H,2,6,9H2,1,3-5H3. The Morgan fingerprint density at radius 3 is 2.47 bits per heavy atom. The van der Waals surface area contributed by atoms with Crippen LogP contribution in [0, 0.1) is 13.8 Å². The number of carbonyl (C=O) groups is 1. The van der Waals surface area contributed by atoms with E-state index in [0.717, 1.165) is 28.7 Å². The van der Waals surface area contributed by atoms with Gasteiger partial charge in [0.05, 0.1) is 0 Å². The van der Waals surface area contributed by atoms with E-state index in [0.29, 0.717) is 11.5 Å². The SMILES string of the molecule is C=C(C)C(=O)OC(CC)c1ccc(CCl)c(C)c1C. The largest absolute Gasteiger partial charge is 0.454 e. The zero-order chi connectivity index (χ0) is 14.6. The Kier molecular flexibility index (Phi) is 5.61. The molecule has 0 aliphatic rings. The van der Waals surface area contributed by atoms with Crippen molar-refractivity contribution in [1.82, 2.24) is 0 Å². The number of hydrogen-bond acceptors (Lipinski definition) is 2. The molecule has 0 bridgehead atoms. The first-order valence-electron chi connectivity index (χ1n) is 6.43. The van der Waals surface area contributed by atoms with E-state index >= 15 is 0 Å². The smallest absolute Gasteiger partial charge is 0.333 e. The van der Waals surface area contributed by atoms with Crippen LogP contribution in [0.2, 0.25) is 0 Å². The Hall–Kier alpha value is -1.28. The molecule has 0 spiro atoms. The van der Waals surface area contributed by atoms with Crippen LogP contribution in [0.1, 0.15) is 48.6 Å². The molecule has 0 radical (unpaired) electrons. The van der Waals surface area contributed by atoms with Gasteiger partial charge in [-0.25, -0.2) is 4.79 Å². The lowest BCUT2D eigenvalue weighted by Crippen LogP contribution is -2.13. The maximum atomic E-state index is 11.7. The molecule has 0 saturated carbocycles. The lowest BCUT2D eigenvalue weighted by Gasteiger charge is -2.21. The Labute approximate surface area is 120 Å². The van der Waals surface area contributed by atoms with Crippen molar-refractivity contribution in [3.05, 3.63) is 46.5 Å². The third kappa shape index (κ3) is 3.60. The molecule has 1 atom stereocenters. The summed E-state index contributed by atoms with van der Waals surface area (Å²) in [4.78, 5) is 11.7. The fraction of sp³-hybridized carbons (Fsp3) is 0.438. The second-order valence-corrected chi connectivity index (χ2v) is 5.05. The molecule has 0 N–H and O–H groups in total. The lowest BCUT2D eigenvalue weighted by molar-refractivity contribution is -0.144. The molecule has 0 aromatic heterocycles. The highest BCUT2D eigenvalue weighted by Gasteiger charge is 2.18. The van der Waals surface area contributed by atoms with E-state index in [2.05, 4.69) is 6.58 Å². The van der Waals surface area contributed by atoms with Gasteiger partial charge in [0, 0.05) is 11.5 Å². The van der Waals surface area contributed by atoms with Crippen LogP contribution in [0.5, 0.6) is 0 Å². The molecule has 0 heterocycles. The van der Waals surface area contributed by atoms with Crippen LogP contribution in [-0.2, 0) is 15.4 Å². The quantitative estimate of drug-likeness (QED) is 0.447. The van der Waals surface area contributed by atoms with Gasteiger partial charge in [0.15, 0.2) is 0 Å². The van der Waals surface area contributed by atoms with Gasteiger partial charge in [0.2, 0.25) is 0 Å². The van der Waals surface area contributed by atoms with Crippen molar-refractivity contribution in [3.63, 3.8) is 0 Å². The predicted octanol–water partition coefficient (Wildman–Crippen LogP) is 4.61. The van der Waals surface area contributed by atoms with Crippen molar-refractivity contribution in [1.29, 1.82) is 0 Å². The maximum Gasteiger partial charge on any atom is 0.333 e. The second kappa shape index (κ2) is 6.76. The molecule has 0 aliphatic heterocycles. The second-order valence-electron chi connectivity index (χ2n) is 4.78. The van der Waals surface area contributed by atoms with E-state index in [9.17, 15) is 4.79 Å². The van der Waals surface area contributed by atoms with Crippen molar-refractivity contribution in [2.24, 2.45) is 0 Å². The highest BCUT2D eigenvalue weighted by Crippen LogP contribution is 2.29. The average molecular weight is 281 g/mol. The molecule has 1 aromatic carbocycles. The summed E-state index contributed by atoms with van der Waals surface area (Å²) in [5.74, 6) is 0.153. The van der Waals surface area contributed by atoms with Gasteiger partial charge < -0.3 is 4.74 Å². The van der Waals surface area contributed by atoms with Crippen molar-refractivity contribution in [2.45, 2.75) is 46.1 Å². The first-order valence-corrected chi connectivity index (χ1v) is 6.97. The molecule has 3 heteroatoms. The van der Waals surface area contributed by atoms with E-state index in [1.165, 1.54) is 0 Å².